The van der Waals surface area contributed by atoms with Gasteiger partial charge < -0.3 is 18.8 Å². The number of carbonyl (C=O) groups is 1. The lowest BCUT2D eigenvalue weighted by atomic mass is 9.82. The van der Waals surface area contributed by atoms with E-state index in [0.29, 0.717) is 53.2 Å². The number of hydrogen-bond acceptors (Lipinski definition) is 6. The molecule has 0 amide bonds. The number of methoxy groups -OCH3 is 1. The maximum absolute atomic E-state index is 12.7. The van der Waals surface area contributed by atoms with Crippen molar-refractivity contribution < 1.29 is 18.7 Å². The molecule has 0 aliphatic carbocycles. The first kappa shape index (κ1) is 17.4. The Morgan fingerprint density at radius 1 is 1.18 bits per heavy atom. The highest BCUT2D eigenvalue weighted by molar-refractivity contribution is 6.31. The van der Waals surface area contributed by atoms with Gasteiger partial charge in [-0.25, -0.2) is 0 Å². The molecule has 3 aromatic rings. The molecule has 5 rings (SSSR count). The second-order valence-electron chi connectivity index (χ2n) is 7.34. The van der Waals surface area contributed by atoms with Crippen LogP contribution in [-0.2, 0) is 0 Å². The molecular formula is C21H19ClN2O4. The fourth-order valence-electron chi connectivity index (χ4n) is 4.01. The molecule has 7 heteroatoms. The normalized spacial score (nSPS) is 18.2. The van der Waals surface area contributed by atoms with Crippen molar-refractivity contribution in [3.63, 3.8) is 0 Å². The Morgan fingerprint density at radius 3 is 2.79 bits per heavy atom. The van der Waals surface area contributed by atoms with E-state index in [9.17, 15) is 4.79 Å². The third-order valence-corrected chi connectivity index (χ3v) is 5.82. The van der Waals surface area contributed by atoms with Gasteiger partial charge >= 0.3 is 0 Å². The van der Waals surface area contributed by atoms with Crippen LogP contribution in [0.15, 0.2) is 40.8 Å². The van der Waals surface area contributed by atoms with E-state index in [1.165, 1.54) is 0 Å². The van der Waals surface area contributed by atoms with Gasteiger partial charge in [-0.05, 0) is 30.3 Å². The number of ketones is 1. The van der Waals surface area contributed by atoms with Crippen molar-refractivity contribution in [1.82, 2.24) is 4.98 Å². The maximum atomic E-state index is 12.7. The number of oxazole rings is 1. The summed E-state index contributed by atoms with van der Waals surface area (Å²) in [5.74, 6) is 1.42. The van der Waals surface area contributed by atoms with Gasteiger partial charge in [0.25, 0.3) is 6.01 Å². The number of halogens is 1. The summed E-state index contributed by atoms with van der Waals surface area (Å²) in [6, 6.07) is 11.4. The number of nitrogens with zero attached hydrogens (tertiary/aromatic N) is 2. The van der Waals surface area contributed by atoms with E-state index in [-0.39, 0.29) is 5.78 Å². The molecule has 2 aliphatic rings. The minimum Gasteiger partial charge on any atom is -0.497 e. The van der Waals surface area contributed by atoms with Gasteiger partial charge in [0.15, 0.2) is 11.4 Å². The predicted octanol–water partition coefficient (Wildman–Crippen LogP) is 4.49. The fourth-order valence-corrected chi connectivity index (χ4v) is 4.18. The minimum absolute atomic E-state index is 0.119. The van der Waals surface area contributed by atoms with E-state index in [1.807, 2.05) is 6.07 Å². The van der Waals surface area contributed by atoms with Crippen LogP contribution in [0.1, 0.15) is 29.6 Å². The number of fused-ring (bicyclic) bond motifs is 2. The van der Waals surface area contributed by atoms with Crippen molar-refractivity contribution >= 4 is 34.5 Å². The monoisotopic (exact) mass is 398 g/mol. The first-order valence-corrected chi connectivity index (χ1v) is 9.64. The van der Waals surface area contributed by atoms with Crippen LogP contribution in [0.5, 0.6) is 11.5 Å². The third kappa shape index (κ3) is 2.88. The van der Waals surface area contributed by atoms with Crippen LogP contribution in [0.4, 0.5) is 6.01 Å². The van der Waals surface area contributed by atoms with Crippen LogP contribution in [0, 0.1) is 0 Å². The zero-order chi connectivity index (χ0) is 19.3. The first-order chi connectivity index (χ1) is 13.5. The molecule has 0 saturated carbocycles. The number of Topliss-reactive ketones (excluding diaryl/α,β-unsaturated/α-hetero) is 1. The molecule has 6 nitrogen and oxygen atoms in total. The Bertz CT molecular complexity index is 1070. The van der Waals surface area contributed by atoms with E-state index < -0.39 is 5.60 Å². The highest BCUT2D eigenvalue weighted by Gasteiger charge is 2.43. The molecule has 2 aliphatic heterocycles. The summed E-state index contributed by atoms with van der Waals surface area (Å²) in [5, 5.41) is 0.633. The minimum atomic E-state index is -0.484. The summed E-state index contributed by atoms with van der Waals surface area (Å²) < 4.78 is 17.5. The van der Waals surface area contributed by atoms with Crippen molar-refractivity contribution in [3.8, 4) is 11.5 Å². The Labute approximate surface area is 167 Å². The van der Waals surface area contributed by atoms with Crippen LogP contribution in [0.2, 0.25) is 5.02 Å². The Kier molecular flexibility index (Phi) is 3.98. The third-order valence-electron chi connectivity index (χ3n) is 5.58. The van der Waals surface area contributed by atoms with E-state index >= 15 is 0 Å². The topological polar surface area (TPSA) is 64.8 Å². The smallest absolute Gasteiger partial charge is 0.298 e. The molecule has 1 aromatic heterocycles. The standard InChI is InChI=1S/C21H19ClN2O4/c1-26-14-3-4-15-17(25)12-21(28-19(15)11-14)6-8-24(9-7-21)20-23-16-10-13(22)2-5-18(16)27-20/h2-5,10-11H,6-9,12H2,1H3. The van der Waals surface area contributed by atoms with Crippen LogP contribution in [0.3, 0.4) is 0 Å². The average Bonchev–Trinajstić information content (AvgIpc) is 3.11. The van der Waals surface area contributed by atoms with Gasteiger partial charge in [-0.3, -0.25) is 4.79 Å². The molecule has 3 heterocycles. The van der Waals surface area contributed by atoms with Gasteiger partial charge in [-0.2, -0.15) is 4.98 Å². The quantitative estimate of drug-likeness (QED) is 0.633. The summed E-state index contributed by atoms with van der Waals surface area (Å²) in [6.07, 6.45) is 1.83. The van der Waals surface area contributed by atoms with E-state index in [2.05, 4.69) is 9.88 Å². The molecule has 0 unspecified atom stereocenters. The summed E-state index contributed by atoms with van der Waals surface area (Å²) >= 11 is 6.03. The molecule has 2 aromatic carbocycles. The number of ether oxygens (including phenoxy) is 2. The average molecular weight is 399 g/mol. The molecule has 0 bridgehead atoms. The maximum Gasteiger partial charge on any atom is 0.298 e. The van der Waals surface area contributed by atoms with Gasteiger partial charge in [0, 0.05) is 37.0 Å². The highest BCUT2D eigenvalue weighted by Crippen LogP contribution is 2.41. The van der Waals surface area contributed by atoms with Crippen molar-refractivity contribution in [1.29, 1.82) is 0 Å². The lowest BCUT2D eigenvalue weighted by Crippen LogP contribution is -2.51. The largest absolute Gasteiger partial charge is 0.497 e. The number of aromatic nitrogens is 1. The molecule has 0 radical (unpaired) electrons. The van der Waals surface area contributed by atoms with E-state index in [0.717, 1.165) is 18.4 Å². The number of rotatable bonds is 2. The molecule has 1 saturated heterocycles. The van der Waals surface area contributed by atoms with Crippen LogP contribution in [0.25, 0.3) is 11.1 Å². The zero-order valence-corrected chi connectivity index (χ0v) is 16.2. The Morgan fingerprint density at radius 2 is 2.00 bits per heavy atom. The fraction of sp³-hybridized carbons (Fsp3) is 0.333. The second-order valence-corrected chi connectivity index (χ2v) is 7.78. The Balaban J connectivity index is 1.36. The molecule has 1 spiro atoms. The number of hydrogen-bond donors (Lipinski definition) is 0. The predicted molar refractivity (Wildman–Crippen MR) is 106 cm³/mol. The summed E-state index contributed by atoms with van der Waals surface area (Å²) in [5.41, 5.74) is 1.60. The van der Waals surface area contributed by atoms with Crippen molar-refractivity contribution in [2.24, 2.45) is 0 Å². The number of carbonyl (C=O) groups excluding carboxylic acids is 1. The molecule has 28 heavy (non-hydrogen) atoms. The number of benzene rings is 2. The van der Waals surface area contributed by atoms with E-state index in [1.54, 1.807) is 37.4 Å². The second kappa shape index (κ2) is 6.41. The van der Waals surface area contributed by atoms with E-state index in [4.69, 9.17) is 25.5 Å². The van der Waals surface area contributed by atoms with Gasteiger partial charge in [0.2, 0.25) is 0 Å². The van der Waals surface area contributed by atoms with Crippen LogP contribution >= 0.6 is 11.6 Å². The van der Waals surface area contributed by atoms with Gasteiger partial charge in [0.1, 0.15) is 22.6 Å². The molecule has 0 N–H and O–H groups in total. The van der Waals surface area contributed by atoms with Gasteiger partial charge in [0.05, 0.1) is 19.1 Å². The van der Waals surface area contributed by atoms with Crippen molar-refractivity contribution in [3.05, 3.63) is 47.0 Å². The lowest BCUT2D eigenvalue weighted by molar-refractivity contribution is 0.0225. The highest BCUT2D eigenvalue weighted by atomic mass is 35.5. The number of piperidine rings is 1. The molecule has 1 fully saturated rings. The zero-order valence-electron chi connectivity index (χ0n) is 15.4. The van der Waals surface area contributed by atoms with Crippen molar-refractivity contribution in [2.75, 3.05) is 25.1 Å². The van der Waals surface area contributed by atoms with Crippen LogP contribution < -0.4 is 14.4 Å². The summed E-state index contributed by atoms with van der Waals surface area (Å²) in [4.78, 5) is 19.3. The Hall–Kier alpha value is -2.73. The van der Waals surface area contributed by atoms with Gasteiger partial charge in [-0.15, -0.1) is 0 Å². The van der Waals surface area contributed by atoms with Crippen LogP contribution in [-0.4, -0.2) is 36.6 Å². The lowest BCUT2D eigenvalue weighted by Gasteiger charge is -2.43. The SMILES string of the molecule is COc1ccc2c(c1)OC1(CCN(c3nc4cc(Cl)ccc4o3)CC1)CC2=O. The first-order valence-electron chi connectivity index (χ1n) is 9.27. The molecule has 0 atom stereocenters. The van der Waals surface area contributed by atoms with Gasteiger partial charge in [-0.1, -0.05) is 11.6 Å². The van der Waals surface area contributed by atoms with Crippen molar-refractivity contribution in [2.45, 2.75) is 24.9 Å². The summed E-state index contributed by atoms with van der Waals surface area (Å²) in [7, 11) is 1.61. The number of anilines is 1. The molecule has 144 valence electrons. The molecular weight excluding hydrogens is 380 g/mol. The summed E-state index contributed by atoms with van der Waals surface area (Å²) in [6.45, 7) is 1.40.